The fourth-order valence-electron chi connectivity index (χ4n) is 7.21. The van der Waals surface area contributed by atoms with Crippen LogP contribution in [0.1, 0.15) is 54.8 Å². The first-order valence-corrected chi connectivity index (χ1v) is 18.5. The summed E-state index contributed by atoms with van der Waals surface area (Å²) in [7, 11) is 0. The summed E-state index contributed by atoms with van der Waals surface area (Å²) in [6.07, 6.45) is 2.86. The largest absolute Gasteiger partial charge is 0.489 e. The van der Waals surface area contributed by atoms with Crippen molar-refractivity contribution in [3.05, 3.63) is 150 Å². The van der Waals surface area contributed by atoms with E-state index in [1.54, 1.807) is 6.07 Å². The van der Waals surface area contributed by atoms with Gasteiger partial charge in [0.2, 0.25) is 0 Å². The average Bonchev–Trinajstić information content (AvgIpc) is 3.53. The molecule has 6 aromatic rings. The molecule has 0 amide bonds. The van der Waals surface area contributed by atoms with Crippen LogP contribution in [0.5, 0.6) is 5.75 Å². The number of halogens is 1. The number of aryl methyl sites for hydroxylation is 1. The van der Waals surface area contributed by atoms with Crippen LogP contribution >= 0.6 is 0 Å². The van der Waals surface area contributed by atoms with Crippen molar-refractivity contribution in [1.82, 2.24) is 24.6 Å². The summed E-state index contributed by atoms with van der Waals surface area (Å²) in [5, 5.41) is 6.00. The lowest BCUT2D eigenvalue weighted by atomic mass is 10.0. The maximum absolute atomic E-state index is 15.8. The lowest BCUT2D eigenvalue weighted by Crippen LogP contribution is -2.50. The van der Waals surface area contributed by atoms with Gasteiger partial charge in [-0.05, 0) is 68.0 Å². The molecule has 4 aromatic carbocycles. The van der Waals surface area contributed by atoms with Crippen LogP contribution in [0.3, 0.4) is 0 Å². The Labute approximate surface area is 306 Å². The summed E-state index contributed by atoms with van der Waals surface area (Å²) in [4.78, 5) is 10.1. The quantitative estimate of drug-likeness (QED) is 0.150. The number of hydrogen-bond donors (Lipinski definition) is 0. The number of hydrogen-bond acceptors (Lipinski definition) is 6. The average molecular weight is 698 g/mol. The number of rotatable bonds is 9. The lowest BCUT2D eigenvalue weighted by Gasteiger charge is -2.40. The van der Waals surface area contributed by atoms with Crippen LogP contribution in [0.25, 0.3) is 22.3 Å². The molecule has 2 saturated heterocycles. The van der Waals surface area contributed by atoms with Gasteiger partial charge in [-0.2, -0.15) is 5.10 Å². The molecular formula is C44H48FN5O2. The normalized spacial score (nSPS) is 18.1. The van der Waals surface area contributed by atoms with Gasteiger partial charge >= 0.3 is 0 Å². The van der Waals surface area contributed by atoms with E-state index in [0.29, 0.717) is 36.3 Å². The van der Waals surface area contributed by atoms with E-state index in [9.17, 15) is 0 Å². The Kier molecular flexibility index (Phi) is 11.7. The molecule has 2 aliphatic rings. The van der Waals surface area contributed by atoms with Gasteiger partial charge < -0.3 is 9.47 Å². The summed E-state index contributed by atoms with van der Waals surface area (Å²) in [6.45, 7) is 10.1. The molecule has 0 spiro atoms. The molecule has 4 heterocycles. The Balaban J connectivity index is 0.000000638. The van der Waals surface area contributed by atoms with Crippen LogP contribution in [0.2, 0.25) is 0 Å². The second kappa shape index (κ2) is 17.1. The molecule has 2 fully saturated rings. The minimum atomic E-state index is -0.358. The first kappa shape index (κ1) is 35.5. The summed E-state index contributed by atoms with van der Waals surface area (Å²) < 4.78 is 29.8. The number of aromatic nitrogens is 3. The van der Waals surface area contributed by atoms with Crippen LogP contribution in [0, 0.1) is 12.7 Å². The summed E-state index contributed by atoms with van der Waals surface area (Å²) in [6, 6.07) is 40.1. The molecule has 8 heteroatoms. The predicted octanol–water partition coefficient (Wildman–Crippen LogP) is 9.22. The number of nitrogens with zero attached hydrogens (tertiary/aromatic N) is 5. The van der Waals surface area contributed by atoms with E-state index in [2.05, 4.69) is 53.1 Å². The predicted molar refractivity (Wildman–Crippen MR) is 205 cm³/mol. The highest BCUT2D eigenvalue weighted by Gasteiger charge is 2.28. The Bertz CT molecular complexity index is 1990. The van der Waals surface area contributed by atoms with Gasteiger partial charge in [-0.25, -0.2) is 14.1 Å². The standard InChI is InChI=1S/C38H42FN5O2.C6H6/c1-27-23-42(24-29-11-5-3-6-12-29)18-19-43(27)25-31-21-35(40-38-37(31)28(2)41-44(38)36-15-9-10-20-45-36)33-17-16-32(22-34(33)39)46-26-30-13-7-4-8-14-30;1-2-4-6-5-3-1/h3-8,11-14,16-17,21-22,27,36H,9-10,15,18-20,23-26H2,1-2H3;1-6H. The van der Waals surface area contributed by atoms with Crippen molar-refractivity contribution in [1.29, 1.82) is 0 Å². The molecule has 2 atom stereocenters. The number of piperazine rings is 1. The van der Waals surface area contributed by atoms with Gasteiger partial charge in [0.1, 0.15) is 18.2 Å². The van der Waals surface area contributed by atoms with Crippen LogP contribution < -0.4 is 4.74 Å². The molecule has 0 bridgehead atoms. The van der Waals surface area contributed by atoms with Gasteiger partial charge in [-0.3, -0.25) is 9.80 Å². The number of ether oxygens (including phenoxy) is 2. The molecule has 52 heavy (non-hydrogen) atoms. The number of pyridine rings is 1. The van der Waals surface area contributed by atoms with Crippen LogP contribution in [0.4, 0.5) is 4.39 Å². The Morgan fingerprint density at radius 1 is 0.808 bits per heavy atom. The Morgan fingerprint density at radius 2 is 1.50 bits per heavy atom. The van der Waals surface area contributed by atoms with E-state index in [0.717, 1.165) is 79.8 Å². The van der Waals surface area contributed by atoms with Gasteiger partial charge in [-0.15, -0.1) is 0 Å². The zero-order valence-corrected chi connectivity index (χ0v) is 30.2. The second-order valence-corrected chi connectivity index (χ2v) is 13.8. The molecule has 0 aliphatic carbocycles. The van der Waals surface area contributed by atoms with E-state index < -0.39 is 0 Å². The van der Waals surface area contributed by atoms with Crippen LogP contribution in [0.15, 0.2) is 121 Å². The van der Waals surface area contributed by atoms with Crippen LogP contribution in [-0.4, -0.2) is 56.8 Å². The molecule has 0 saturated carbocycles. The summed E-state index contributed by atoms with van der Waals surface area (Å²) in [5.41, 5.74) is 6.23. The Morgan fingerprint density at radius 3 is 2.15 bits per heavy atom. The van der Waals surface area contributed by atoms with E-state index in [1.807, 2.05) is 84.4 Å². The van der Waals surface area contributed by atoms with Crippen LogP contribution in [-0.2, 0) is 24.4 Å². The minimum absolute atomic E-state index is 0.167. The molecule has 0 radical (unpaired) electrons. The van der Waals surface area contributed by atoms with Crippen molar-refractivity contribution in [3.63, 3.8) is 0 Å². The van der Waals surface area contributed by atoms with Crippen molar-refractivity contribution in [3.8, 4) is 17.0 Å². The van der Waals surface area contributed by atoms with E-state index in [-0.39, 0.29) is 12.0 Å². The van der Waals surface area contributed by atoms with E-state index in [1.165, 1.54) is 11.6 Å². The fourth-order valence-corrected chi connectivity index (χ4v) is 7.21. The van der Waals surface area contributed by atoms with Crippen molar-refractivity contribution in [2.45, 2.75) is 65.1 Å². The summed E-state index contributed by atoms with van der Waals surface area (Å²) in [5.74, 6) is 0.132. The van der Waals surface area contributed by atoms with Gasteiger partial charge in [0.05, 0.1) is 11.4 Å². The highest BCUT2D eigenvalue weighted by Crippen LogP contribution is 2.34. The van der Waals surface area contributed by atoms with Crippen molar-refractivity contribution < 1.29 is 13.9 Å². The zero-order valence-electron chi connectivity index (χ0n) is 30.2. The lowest BCUT2D eigenvalue weighted by molar-refractivity contribution is -0.0371. The van der Waals surface area contributed by atoms with E-state index >= 15 is 4.39 Å². The Hall–Kier alpha value is -4.89. The molecule has 8 rings (SSSR count). The third-order valence-corrected chi connectivity index (χ3v) is 9.95. The zero-order chi connectivity index (χ0) is 35.7. The summed E-state index contributed by atoms with van der Waals surface area (Å²) >= 11 is 0. The van der Waals surface area contributed by atoms with Gasteiger partial charge in [0.25, 0.3) is 0 Å². The highest BCUT2D eigenvalue weighted by molar-refractivity contribution is 5.85. The topological polar surface area (TPSA) is 55.7 Å². The molecule has 268 valence electrons. The molecule has 0 N–H and O–H groups in total. The maximum atomic E-state index is 15.8. The van der Waals surface area contributed by atoms with Crippen molar-refractivity contribution >= 4 is 11.0 Å². The third-order valence-electron chi connectivity index (χ3n) is 9.95. The third kappa shape index (κ3) is 8.76. The SMILES string of the molecule is Cc1nn(C2CCCCO2)c2nc(-c3ccc(OCc4ccccc4)cc3F)cc(CN3CCN(Cc4ccccc4)CC3C)c12.c1ccccc1. The van der Waals surface area contributed by atoms with Crippen molar-refractivity contribution in [2.24, 2.45) is 0 Å². The van der Waals surface area contributed by atoms with Gasteiger partial charge in [-0.1, -0.05) is 97.1 Å². The molecule has 2 aromatic heterocycles. The number of fused-ring (bicyclic) bond motifs is 1. The van der Waals surface area contributed by atoms with Gasteiger partial charge in [0.15, 0.2) is 11.9 Å². The van der Waals surface area contributed by atoms with E-state index in [4.69, 9.17) is 19.6 Å². The molecule has 2 aliphatic heterocycles. The first-order valence-electron chi connectivity index (χ1n) is 18.5. The maximum Gasteiger partial charge on any atom is 0.161 e. The van der Waals surface area contributed by atoms with Gasteiger partial charge in [0, 0.05) is 62.4 Å². The molecule has 2 unspecified atom stereocenters. The van der Waals surface area contributed by atoms with Crippen molar-refractivity contribution in [2.75, 3.05) is 26.2 Å². The minimum Gasteiger partial charge on any atom is -0.489 e. The molecule has 7 nitrogen and oxygen atoms in total. The fraction of sp³-hybridized carbons (Fsp3) is 0.318. The second-order valence-electron chi connectivity index (χ2n) is 13.8. The number of benzene rings is 4. The first-order chi connectivity index (χ1) is 25.5. The highest BCUT2D eigenvalue weighted by atomic mass is 19.1. The monoisotopic (exact) mass is 697 g/mol. The smallest absolute Gasteiger partial charge is 0.161 e. The molecular weight excluding hydrogens is 650 g/mol.